The predicted molar refractivity (Wildman–Crippen MR) is 61.6 cm³/mol. The first-order valence-electron chi connectivity index (χ1n) is 5.98. The molecule has 3 N–H and O–H groups in total. The van der Waals surface area contributed by atoms with Gasteiger partial charge in [-0.05, 0) is 19.4 Å². The van der Waals surface area contributed by atoms with E-state index >= 15 is 0 Å². The number of hydrogen-bond acceptors (Lipinski definition) is 3. The fourth-order valence-corrected chi connectivity index (χ4v) is 2.08. The molecule has 0 bridgehead atoms. The lowest BCUT2D eigenvalue weighted by molar-refractivity contribution is -0.122. The summed E-state index contributed by atoms with van der Waals surface area (Å²) in [6, 6.07) is 0.425. The minimum Gasteiger partial charge on any atom is -0.352 e. The molecule has 4 heteroatoms. The van der Waals surface area contributed by atoms with E-state index in [1.54, 1.807) is 0 Å². The Bertz CT molecular complexity index is 190. The van der Waals surface area contributed by atoms with Crippen molar-refractivity contribution in [1.82, 2.24) is 10.2 Å². The van der Waals surface area contributed by atoms with Gasteiger partial charge in [-0.15, -0.1) is 0 Å². The third-order valence-electron chi connectivity index (χ3n) is 2.98. The van der Waals surface area contributed by atoms with Crippen LogP contribution in [0.4, 0.5) is 0 Å². The zero-order valence-corrected chi connectivity index (χ0v) is 9.67. The number of nitrogens with two attached hydrogens (primary N) is 1. The van der Waals surface area contributed by atoms with Gasteiger partial charge >= 0.3 is 0 Å². The molecule has 0 aliphatic heterocycles. The number of rotatable bonds is 6. The largest absolute Gasteiger partial charge is 0.352 e. The highest BCUT2D eigenvalue weighted by Crippen LogP contribution is 2.17. The van der Waals surface area contributed by atoms with Crippen molar-refractivity contribution >= 4 is 5.91 Å². The first kappa shape index (κ1) is 12.5. The number of amides is 1. The number of hydrogen-bond donors (Lipinski definition) is 2. The van der Waals surface area contributed by atoms with Crippen LogP contribution in [-0.2, 0) is 4.79 Å². The molecule has 15 heavy (non-hydrogen) atoms. The molecule has 88 valence electrons. The summed E-state index contributed by atoms with van der Waals surface area (Å²) in [7, 11) is 0. The van der Waals surface area contributed by atoms with Gasteiger partial charge in [0.05, 0.1) is 6.54 Å². The molecule has 1 aliphatic rings. The van der Waals surface area contributed by atoms with Crippen molar-refractivity contribution in [3.8, 4) is 0 Å². The molecule has 0 spiro atoms. The Kier molecular flexibility index (Phi) is 5.65. The number of nitrogens with zero attached hydrogens (tertiary/aromatic N) is 1. The van der Waals surface area contributed by atoms with E-state index in [2.05, 4.69) is 17.1 Å². The number of carbonyl (C=O) groups excluding carboxylic acids is 1. The van der Waals surface area contributed by atoms with Gasteiger partial charge in [-0.3, -0.25) is 9.69 Å². The summed E-state index contributed by atoms with van der Waals surface area (Å²) in [5, 5.41) is 3.08. The smallest absolute Gasteiger partial charge is 0.234 e. The minimum absolute atomic E-state index is 0.150. The van der Waals surface area contributed by atoms with E-state index in [-0.39, 0.29) is 5.91 Å². The van der Waals surface area contributed by atoms with Crippen molar-refractivity contribution in [1.29, 1.82) is 0 Å². The summed E-state index contributed by atoms with van der Waals surface area (Å²) in [4.78, 5) is 13.7. The van der Waals surface area contributed by atoms with Crippen LogP contribution in [0.3, 0.4) is 0 Å². The van der Waals surface area contributed by atoms with Crippen molar-refractivity contribution in [2.24, 2.45) is 5.73 Å². The van der Waals surface area contributed by atoms with Crippen molar-refractivity contribution in [2.45, 2.75) is 38.6 Å². The van der Waals surface area contributed by atoms with Crippen LogP contribution < -0.4 is 11.1 Å². The van der Waals surface area contributed by atoms with Gasteiger partial charge < -0.3 is 11.1 Å². The molecule has 1 rings (SSSR count). The van der Waals surface area contributed by atoms with Crippen molar-refractivity contribution < 1.29 is 4.79 Å². The molecule has 1 fully saturated rings. The van der Waals surface area contributed by atoms with Crippen LogP contribution in [0.15, 0.2) is 0 Å². The molecule has 0 radical (unpaired) electrons. The second-order valence-corrected chi connectivity index (χ2v) is 4.21. The molecule has 0 unspecified atom stereocenters. The molecule has 0 saturated heterocycles. The van der Waals surface area contributed by atoms with Crippen LogP contribution in [0.2, 0.25) is 0 Å². The van der Waals surface area contributed by atoms with Crippen LogP contribution in [0.5, 0.6) is 0 Å². The molecule has 0 aromatic carbocycles. The van der Waals surface area contributed by atoms with E-state index in [9.17, 15) is 4.79 Å². The molecule has 1 saturated carbocycles. The molecule has 0 heterocycles. The molecular formula is C11H23N3O. The zero-order valence-electron chi connectivity index (χ0n) is 9.67. The molecule has 1 aliphatic carbocycles. The summed E-state index contributed by atoms with van der Waals surface area (Å²) in [5.41, 5.74) is 5.47. The first-order chi connectivity index (χ1) is 7.26. The summed E-state index contributed by atoms with van der Waals surface area (Å²) in [6.45, 7) is 4.84. The fourth-order valence-electron chi connectivity index (χ4n) is 2.08. The Labute approximate surface area is 92.2 Å². The second-order valence-electron chi connectivity index (χ2n) is 4.21. The van der Waals surface area contributed by atoms with Crippen LogP contribution in [-0.4, -0.2) is 43.0 Å². The predicted octanol–water partition coefficient (Wildman–Crippen LogP) is 0.326. The quantitative estimate of drug-likeness (QED) is 0.668. The van der Waals surface area contributed by atoms with E-state index in [0.29, 0.717) is 19.1 Å². The van der Waals surface area contributed by atoms with Crippen LogP contribution in [0.1, 0.15) is 32.6 Å². The second kappa shape index (κ2) is 6.80. The van der Waals surface area contributed by atoms with Gasteiger partial charge in [0.25, 0.3) is 0 Å². The van der Waals surface area contributed by atoms with Crippen LogP contribution in [0, 0.1) is 0 Å². The molecule has 0 aromatic heterocycles. The molecule has 0 atom stereocenters. The van der Waals surface area contributed by atoms with E-state index < -0.39 is 0 Å². The van der Waals surface area contributed by atoms with Gasteiger partial charge in [-0.2, -0.15) is 0 Å². The third-order valence-corrected chi connectivity index (χ3v) is 2.98. The fraction of sp³-hybridized carbons (Fsp3) is 0.909. The lowest BCUT2D eigenvalue weighted by atomic mass is 10.2. The maximum atomic E-state index is 11.6. The van der Waals surface area contributed by atoms with Gasteiger partial charge in [0.15, 0.2) is 0 Å². The number of carbonyl (C=O) groups is 1. The SMILES string of the molecule is CCN(CCN)CC(=O)NC1CCCC1. The van der Waals surface area contributed by atoms with Gasteiger partial charge in [0.2, 0.25) is 5.91 Å². The zero-order chi connectivity index (χ0) is 11.1. The Balaban J connectivity index is 2.20. The molecule has 1 amide bonds. The van der Waals surface area contributed by atoms with Gasteiger partial charge in [0, 0.05) is 19.1 Å². The van der Waals surface area contributed by atoms with Crippen LogP contribution in [0.25, 0.3) is 0 Å². The highest BCUT2D eigenvalue weighted by atomic mass is 16.2. The molecule has 0 aromatic rings. The highest BCUT2D eigenvalue weighted by Gasteiger charge is 2.17. The summed E-state index contributed by atoms with van der Waals surface area (Å²) in [6.07, 6.45) is 4.81. The van der Waals surface area contributed by atoms with E-state index in [0.717, 1.165) is 25.9 Å². The Morgan fingerprint density at radius 1 is 1.47 bits per heavy atom. The Morgan fingerprint density at radius 3 is 2.67 bits per heavy atom. The average Bonchev–Trinajstić information content (AvgIpc) is 2.69. The topological polar surface area (TPSA) is 58.4 Å². The Hall–Kier alpha value is -0.610. The van der Waals surface area contributed by atoms with Gasteiger partial charge in [-0.25, -0.2) is 0 Å². The first-order valence-corrected chi connectivity index (χ1v) is 5.98. The van der Waals surface area contributed by atoms with Crippen molar-refractivity contribution in [3.63, 3.8) is 0 Å². The lowest BCUT2D eigenvalue weighted by Gasteiger charge is -2.20. The minimum atomic E-state index is 0.150. The normalized spacial score (nSPS) is 17.3. The van der Waals surface area contributed by atoms with Crippen LogP contribution >= 0.6 is 0 Å². The average molecular weight is 213 g/mol. The number of likely N-dealkylation sites (N-methyl/N-ethyl adjacent to an activating group) is 1. The number of nitrogens with one attached hydrogen (secondary N) is 1. The van der Waals surface area contributed by atoms with E-state index in [1.807, 2.05) is 0 Å². The maximum Gasteiger partial charge on any atom is 0.234 e. The maximum absolute atomic E-state index is 11.6. The summed E-state index contributed by atoms with van der Waals surface area (Å²) < 4.78 is 0. The molecular weight excluding hydrogens is 190 g/mol. The summed E-state index contributed by atoms with van der Waals surface area (Å²) >= 11 is 0. The standard InChI is InChI=1S/C11H23N3O/c1-2-14(8-7-12)9-11(15)13-10-5-3-4-6-10/h10H,2-9,12H2,1H3,(H,13,15). The van der Waals surface area contributed by atoms with E-state index in [1.165, 1.54) is 12.8 Å². The monoisotopic (exact) mass is 213 g/mol. The van der Waals surface area contributed by atoms with Gasteiger partial charge in [0.1, 0.15) is 0 Å². The molecule has 4 nitrogen and oxygen atoms in total. The highest BCUT2D eigenvalue weighted by molar-refractivity contribution is 5.78. The summed E-state index contributed by atoms with van der Waals surface area (Å²) in [5.74, 6) is 0.150. The Morgan fingerprint density at radius 2 is 2.13 bits per heavy atom. The van der Waals surface area contributed by atoms with E-state index in [4.69, 9.17) is 5.73 Å². The lowest BCUT2D eigenvalue weighted by Crippen LogP contribution is -2.42. The third kappa shape index (κ3) is 4.62. The van der Waals surface area contributed by atoms with Crippen molar-refractivity contribution in [3.05, 3.63) is 0 Å². The van der Waals surface area contributed by atoms with Crippen molar-refractivity contribution in [2.75, 3.05) is 26.2 Å². The van der Waals surface area contributed by atoms with Gasteiger partial charge in [-0.1, -0.05) is 19.8 Å².